The van der Waals surface area contributed by atoms with Gasteiger partial charge in [0.2, 0.25) is 0 Å². The molecule has 0 unspecified atom stereocenters. The third-order valence-electron chi connectivity index (χ3n) is 7.57. The number of rotatable bonds is 7. The summed E-state index contributed by atoms with van der Waals surface area (Å²) < 4.78 is 12.3. The highest BCUT2D eigenvalue weighted by Crippen LogP contribution is 2.31. The van der Waals surface area contributed by atoms with Gasteiger partial charge in [-0.15, -0.1) is 0 Å². The van der Waals surface area contributed by atoms with Gasteiger partial charge < -0.3 is 14.8 Å². The lowest BCUT2D eigenvalue weighted by molar-refractivity contribution is -0.148. The second kappa shape index (κ2) is 11.4. The first-order valence-corrected chi connectivity index (χ1v) is 13.0. The smallest absolute Gasteiger partial charge is 0.310 e. The van der Waals surface area contributed by atoms with Crippen molar-refractivity contribution in [1.82, 2.24) is 9.88 Å². The van der Waals surface area contributed by atoms with Crippen LogP contribution in [0.25, 0.3) is 10.9 Å². The summed E-state index contributed by atoms with van der Waals surface area (Å²) in [5.41, 5.74) is 2.39. The summed E-state index contributed by atoms with van der Waals surface area (Å²) in [4.78, 5) is 38.7. The number of nitrogens with zero attached hydrogens (tertiary/aromatic N) is 1. The fraction of sp³-hybridized carbons (Fsp3) is 0.414. The average molecular weight is 525 g/mol. The van der Waals surface area contributed by atoms with E-state index in [-0.39, 0.29) is 30.9 Å². The minimum Gasteiger partial charge on any atom is -0.497 e. The first-order chi connectivity index (χ1) is 17.7. The number of nitrogens with one attached hydrogen (secondary N) is 1. The number of methoxy groups -OCH3 is 1. The Morgan fingerprint density at radius 2 is 1.81 bits per heavy atom. The molecule has 0 aliphatic heterocycles. The first kappa shape index (κ1) is 26.7. The molecule has 3 aromatic rings. The van der Waals surface area contributed by atoms with Crippen molar-refractivity contribution in [2.75, 3.05) is 13.7 Å². The molecular weight excluding hydrogens is 492 g/mol. The summed E-state index contributed by atoms with van der Waals surface area (Å²) in [6.07, 6.45) is 3.10. The largest absolute Gasteiger partial charge is 0.497 e. The van der Waals surface area contributed by atoms with Crippen LogP contribution >= 0.6 is 11.6 Å². The van der Waals surface area contributed by atoms with Crippen LogP contribution < -0.4 is 10.1 Å². The number of hydrogen-bond acceptors (Lipinski definition) is 5. The molecule has 2 aromatic carbocycles. The van der Waals surface area contributed by atoms with Gasteiger partial charge in [-0.1, -0.05) is 38.3 Å². The molecule has 196 valence electrons. The maximum atomic E-state index is 13.4. The molecule has 0 spiro atoms. The van der Waals surface area contributed by atoms with Crippen LogP contribution in [-0.4, -0.2) is 42.1 Å². The summed E-state index contributed by atoms with van der Waals surface area (Å²) in [5.74, 6) is 0.472. The van der Waals surface area contributed by atoms with Crippen LogP contribution in [-0.2, 0) is 20.7 Å². The van der Waals surface area contributed by atoms with E-state index in [0.717, 1.165) is 12.8 Å². The molecule has 1 N–H and O–H groups in total. The van der Waals surface area contributed by atoms with Gasteiger partial charge in [-0.25, -0.2) is 0 Å². The van der Waals surface area contributed by atoms with Gasteiger partial charge in [0.15, 0.2) is 6.61 Å². The lowest BCUT2D eigenvalue weighted by atomic mass is 9.78. The second-order valence-corrected chi connectivity index (χ2v) is 10.3. The maximum absolute atomic E-state index is 13.4. The fourth-order valence-electron chi connectivity index (χ4n) is 5.17. The molecule has 1 saturated carbocycles. The van der Waals surface area contributed by atoms with Crippen LogP contribution in [0.3, 0.4) is 0 Å². The number of amides is 1. The number of hydrogen-bond donors (Lipinski definition) is 1. The summed E-state index contributed by atoms with van der Waals surface area (Å²) in [7, 11) is 1.56. The Kier molecular flexibility index (Phi) is 8.22. The van der Waals surface area contributed by atoms with Crippen molar-refractivity contribution in [3.8, 4) is 5.75 Å². The van der Waals surface area contributed by atoms with Gasteiger partial charge in [-0.2, -0.15) is 0 Å². The molecule has 4 rings (SSSR count). The Balaban J connectivity index is 1.52. The molecule has 1 aromatic heterocycles. The number of ether oxygens (including phenoxy) is 2. The molecular formula is C29H33ClN2O5. The Morgan fingerprint density at radius 1 is 1.08 bits per heavy atom. The third-order valence-corrected chi connectivity index (χ3v) is 7.83. The van der Waals surface area contributed by atoms with Crippen molar-refractivity contribution >= 4 is 40.3 Å². The monoisotopic (exact) mass is 524 g/mol. The van der Waals surface area contributed by atoms with Gasteiger partial charge in [0.25, 0.3) is 11.8 Å². The highest BCUT2D eigenvalue weighted by molar-refractivity contribution is 6.30. The molecule has 1 aliphatic carbocycles. The Labute approximate surface area is 222 Å². The maximum Gasteiger partial charge on any atom is 0.310 e. The number of aromatic nitrogens is 1. The lowest BCUT2D eigenvalue weighted by Crippen LogP contribution is -2.45. The zero-order valence-corrected chi connectivity index (χ0v) is 22.4. The first-order valence-electron chi connectivity index (χ1n) is 12.6. The van der Waals surface area contributed by atoms with Crippen LogP contribution in [0.15, 0.2) is 42.5 Å². The van der Waals surface area contributed by atoms with E-state index in [9.17, 15) is 14.4 Å². The van der Waals surface area contributed by atoms with Gasteiger partial charge in [-0.3, -0.25) is 19.0 Å². The van der Waals surface area contributed by atoms with Gasteiger partial charge in [0, 0.05) is 27.7 Å². The predicted octanol–water partition coefficient (Wildman–Crippen LogP) is 5.33. The highest BCUT2D eigenvalue weighted by atomic mass is 35.5. The fourth-order valence-corrected chi connectivity index (χ4v) is 5.30. The van der Waals surface area contributed by atoms with Gasteiger partial charge in [0.1, 0.15) is 5.75 Å². The molecule has 1 fully saturated rings. The predicted molar refractivity (Wildman–Crippen MR) is 143 cm³/mol. The normalized spacial score (nSPS) is 19.4. The van der Waals surface area contributed by atoms with E-state index in [1.165, 1.54) is 6.42 Å². The van der Waals surface area contributed by atoms with Crippen LogP contribution in [0.4, 0.5) is 0 Å². The van der Waals surface area contributed by atoms with Crippen LogP contribution in [0.5, 0.6) is 5.75 Å². The van der Waals surface area contributed by atoms with Crippen molar-refractivity contribution in [3.63, 3.8) is 0 Å². The SMILES string of the molecule is COc1ccc2c(c1)c(CC(=O)OCC(=O)N[C@@H]1CCC[C@H](C)[C@@H]1C)c(C)n2C(=O)c1ccc(Cl)cc1. The summed E-state index contributed by atoms with van der Waals surface area (Å²) >= 11 is 5.99. The molecule has 0 bridgehead atoms. The molecule has 0 saturated heterocycles. The molecule has 7 nitrogen and oxygen atoms in total. The second-order valence-electron chi connectivity index (χ2n) is 9.87. The molecule has 1 amide bonds. The Bertz CT molecular complexity index is 1310. The quantitative estimate of drug-likeness (QED) is 0.422. The Morgan fingerprint density at radius 3 is 2.51 bits per heavy atom. The number of esters is 1. The van der Waals surface area contributed by atoms with Crippen LogP contribution in [0.2, 0.25) is 5.02 Å². The van der Waals surface area contributed by atoms with Gasteiger partial charge in [-0.05, 0) is 73.2 Å². The molecule has 1 aliphatic rings. The standard InChI is InChI=1S/C29H33ClN2O5/c1-17-6-5-7-25(18(17)2)31-27(33)16-37-28(34)15-23-19(3)32(26-13-12-22(36-4)14-24(23)26)29(35)20-8-10-21(30)11-9-20/h8-14,17-18,25H,5-7,15-16H2,1-4H3,(H,31,33)/t17-,18-,25+/m0/s1. The molecule has 1 heterocycles. The van der Waals surface area contributed by atoms with Gasteiger partial charge in [0.05, 0.1) is 19.0 Å². The number of benzene rings is 2. The van der Waals surface area contributed by atoms with Crippen molar-refractivity contribution in [1.29, 1.82) is 0 Å². The minimum atomic E-state index is -0.538. The van der Waals surface area contributed by atoms with E-state index in [4.69, 9.17) is 21.1 Å². The van der Waals surface area contributed by atoms with E-state index >= 15 is 0 Å². The summed E-state index contributed by atoms with van der Waals surface area (Å²) in [5, 5.41) is 4.28. The summed E-state index contributed by atoms with van der Waals surface area (Å²) in [6.45, 7) is 5.82. The van der Waals surface area contributed by atoms with E-state index in [0.29, 0.717) is 50.3 Å². The van der Waals surface area contributed by atoms with E-state index < -0.39 is 5.97 Å². The van der Waals surface area contributed by atoms with Crippen molar-refractivity contribution < 1.29 is 23.9 Å². The zero-order valence-electron chi connectivity index (χ0n) is 21.7. The molecule has 0 radical (unpaired) electrons. The number of halogens is 1. The minimum absolute atomic E-state index is 0.0828. The highest BCUT2D eigenvalue weighted by Gasteiger charge is 2.28. The van der Waals surface area contributed by atoms with Crippen molar-refractivity contribution in [2.24, 2.45) is 11.8 Å². The molecule has 8 heteroatoms. The topological polar surface area (TPSA) is 86.6 Å². The Hall–Kier alpha value is -3.32. The van der Waals surface area contributed by atoms with E-state index in [2.05, 4.69) is 19.2 Å². The third kappa shape index (κ3) is 5.82. The number of carbonyl (C=O) groups excluding carboxylic acids is 3. The van der Waals surface area contributed by atoms with E-state index in [1.807, 2.05) is 0 Å². The van der Waals surface area contributed by atoms with Crippen molar-refractivity contribution in [2.45, 2.75) is 52.5 Å². The van der Waals surface area contributed by atoms with Crippen LogP contribution in [0, 0.1) is 18.8 Å². The number of fused-ring (bicyclic) bond motifs is 1. The van der Waals surface area contributed by atoms with E-state index in [1.54, 1.807) is 61.1 Å². The zero-order chi connectivity index (χ0) is 26.7. The average Bonchev–Trinajstić information content (AvgIpc) is 3.15. The van der Waals surface area contributed by atoms with Crippen LogP contribution in [0.1, 0.15) is 54.7 Å². The molecule has 3 atom stereocenters. The van der Waals surface area contributed by atoms with Crippen molar-refractivity contribution in [3.05, 3.63) is 64.3 Å². The summed E-state index contributed by atoms with van der Waals surface area (Å²) in [6, 6.07) is 12.1. The van der Waals surface area contributed by atoms with Gasteiger partial charge >= 0.3 is 5.97 Å². The lowest BCUT2D eigenvalue weighted by Gasteiger charge is -2.34. The number of carbonyl (C=O) groups is 3. The molecule has 37 heavy (non-hydrogen) atoms.